The Kier molecular flexibility index (Phi) is 5.46. The monoisotopic (exact) mass is 349 g/mol. The third-order valence-electron chi connectivity index (χ3n) is 4.44. The van der Waals surface area contributed by atoms with Gasteiger partial charge in [-0.05, 0) is 31.5 Å². The molecule has 2 aromatic carbocycles. The predicted octanol–water partition coefficient (Wildman–Crippen LogP) is 3.54. The Bertz CT molecular complexity index is 964. The minimum atomic E-state index is -0.233. The van der Waals surface area contributed by atoms with Crippen molar-refractivity contribution >= 4 is 22.4 Å². The minimum Gasteiger partial charge on any atom is -0.311 e. The SMILES string of the molecule is CCCCN(C(=O)Cn1nc(C)c2ccccc2c1=O)c1ccccc1. The molecule has 5 heteroatoms. The van der Waals surface area contributed by atoms with Crippen LogP contribution in [0, 0.1) is 6.92 Å². The number of aryl methyl sites for hydroxylation is 1. The summed E-state index contributed by atoms with van der Waals surface area (Å²) < 4.78 is 1.28. The smallest absolute Gasteiger partial charge is 0.275 e. The molecule has 0 saturated carbocycles. The first-order valence-corrected chi connectivity index (χ1v) is 8.93. The molecule has 0 atom stereocenters. The van der Waals surface area contributed by atoms with Gasteiger partial charge in [-0.15, -0.1) is 0 Å². The highest BCUT2D eigenvalue weighted by Gasteiger charge is 2.18. The number of nitrogens with zero attached hydrogens (tertiary/aromatic N) is 3. The van der Waals surface area contributed by atoms with Crippen LogP contribution in [-0.4, -0.2) is 22.2 Å². The van der Waals surface area contributed by atoms with Crippen LogP contribution in [-0.2, 0) is 11.3 Å². The lowest BCUT2D eigenvalue weighted by molar-refractivity contribution is -0.119. The lowest BCUT2D eigenvalue weighted by Gasteiger charge is -2.23. The molecule has 0 aliphatic carbocycles. The fourth-order valence-corrected chi connectivity index (χ4v) is 3.05. The topological polar surface area (TPSA) is 55.2 Å². The van der Waals surface area contributed by atoms with E-state index in [1.165, 1.54) is 4.68 Å². The van der Waals surface area contributed by atoms with E-state index in [0.29, 0.717) is 11.9 Å². The number of hydrogen-bond donors (Lipinski definition) is 0. The number of hydrogen-bond acceptors (Lipinski definition) is 3. The van der Waals surface area contributed by atoms with Gasteiger partial charge in [-0.3, -0.25) is 9.59 Å². The summed E-state index contributed by atoms with van der Waals surface area (Å²) in [5.74, 6) is -0.131. The van der Waals surface area contributed by atoms with Crippen molar-refractivity contribution in [1.82, 2.24) is 9.78 Å². The maximum Gasteiger partial charge on any atom is 0.275 e. The second kappa shape index (κ2) is 7.95. The van der Waals surface area contributed by atoms with Crippen LogP contribution in [0.15, 0.2) is 59.4 Å². The first-order chi connectivity index (χ1) is 12.6. The quantitative estimate of drug-likeness (QED) is 0.684. The summed E-state index contributed by atoms with van der Waals surface area (Å²) in [5, 5.41) is 5.77. The number of anilines is 1. The Hall–Kier alpha value is -2.95. The summed E-state index contributed by atoms with van der Waals surface area (Å²) in [6.45, 7) is 4.50. The van der Waals surface area contributed by atoms with Crippen molar-refractivity contribution in [1.29, 1.82) is 0 Å². The molecule has 1 amide bonds. The fraction of sp³-hybridized carbons (Fsp3) is 0.286. The Morgan fingerprint density at radius 2 is 1.69 bits per heavy atom. The van der Waals surface area contributed by atoms with Gasteiger partial charge in [-0.2, -0.15) is 5.10 Å². The van der Waals surface area contributed by atoms with Crippen molar-refractivity contribution in [3.05, 3.63) is 70.6 Å². The molecule has 3 rings (SSSR count). The zero-order valence-electron chi connectivity index (χ0n) is 15.2. The van der Waals surface area contributed by atoms with E-state index < -0.39 is 0 Å². The van der Waals surface area contributed by atoms with Gasteiger partial charge in [0.15, 0.2) is 0 Å². The fourth-order valence-electron chi connectivity index (χ4n) is 3.05. The lowest BCUT2D eigenvalue weighted by Crippen LogP contribution is -2.38. The highest BCUT2D eigenvalue weighted by atomic mass is 16.2. The van der Waals surface area contributed by atoms with Gasteiger partial charge < -0.3 is 4.90 Å². The predicted molar refractivity (Wildman–Crippen MR) is 104 cm³/mol. The van der Waals surface area contributed by atoms with Gasteiger partial charge in [-0.1, -0.05) is 49.7 Å². The summed E-state index contributed by atoms with van der Waals surface area (Å²) in [4.78, 5) is 27.4. The van der Waals surface area contributed by atoms with Crippen LogP contribution in [0.3, 0.4) is 0 Å². The number of amides is 1. The molecule has 26 heavy (non-hydrogen) atoms. The van der Waals surface area contributed by atoms with Crippen molar-refractivity contribution < 1.29 is 4.79 Å². The van der Waals surface area contributed by atoms with Gasteiger partial charge in [0.25, 0.3) is 5.56 Å². The first kappa shape index (κ1) is 17.9. The van der Waals surface area contributed by atoms with Gasteiger partial charge in [0, 0.05) is 17.6 Å². The number of carbonyl (C=O) groups excluding carboxylic acids is 1. The number of unbranched alkanes of at least 4 members (excludes halogenated alkanes) is 1. The molecule has 0 N–H and O–H groups in total. The summed E-state index contributed by atoms with van der Waals surface area (Å²) in [6.07, 6.45) is 1.89. The van der Waals surface area contributed by atoms with Crippen LogP contribution < -0.4 is 10.5 Å². The van der Waals surface area contributed by atoms with Crippen LogP contribution in [0.2, 0.25) is 0 Å². The van der Waals surface area contributed by atoms with E-state index in [1.807, 2.05) is 55.5 Å². The zero-order chi connectivity index (χ0) is 18.5. The molecular weight excluding hydrogens is 326 g/mol. The van der Waals surface area contributed by atoms with Crippen molar-refractivity contribution in [2.75, 3.05) is 11.4 Å². The highest BCUT2D eigenvalue weighted by molar-refractivity contribution is 5.93. The number of fused-ring (bicyclic) bond motifs is 1. The molecule has 5 nitrogen and oxygen atoms in total. The molecule has 0 aliphatic rings. The van der Waals surface area contributed by atoms with Crippen molar-refractivity contribution in [2.24, 2.45) is 0 Å². The van der Waals surface area contributed by atoms with E-state index in [2.05, 4.69) is 12.0 Å². The summed E-state index contributed by atoms with van der Waals surface area (Å²) in [6, 6.07) is 16.9. The van der Waals surface area contributed by atoms with E-state index in [4.69, 9.17) is 0 Å². The third-order valence-corrected chi connectivity index (χ3v) is 4.44. The molecule has 0 aliphatic heterocycles. The number of rotatable bonds is 6. The average molecular weight is 349 g/mol. The average Bonchev–Trinajstić information content (AvgIpc) is 2.67. The Morgan fingerprint density at radius 3 is 2.38 bits per heavy atom. The number of benzene rings is 2. The van der Waals surface area contributed by atoms with E-state index in [0.717, 1.165) is 29.6 Å². The molecule has 0 saturated heterocycles. The van der Waals surface area contributed by atoms with Crippen LogP contribution in [0.4, 0.5) is 5.69 Å². The van der Waals surface area contributed by atoms with Crippen LogP contribution in [0.5, 0.6) is 0 Å². The molecule has 0 fully saturated rings. The minimum absolute atomic E-state index is 0.0664. The molecule has 0 radical (unpaired) electrons. The van der Waals surface area contributed by atoms with Crippen molar-refractivity contribution in [2.45, 2.75) is 33.2 Å². The second-order valence-electron chi connectivity index (χ2n) is 6.33. The Labute approximate surface area is 152 Å². The zero-order valence-corrected chi connectivity index (χ0v) is 15.2. The van der Waals surface area contributed by atoms with Crippen molar-refractivity contribution in [3.63, 3.8) is 0 Å². The number of carbonyl (C=O) groups is 1. The Balaban J connectivity index is 1.93. The second-order valence-corrected chi connectivity index (χ2v) is 6.33. The van der Waals surface area contributed by atoms with E-state index >= 15 is 0 Å². The van der Waals surface area contributed by atoms with Gasteiger partial charge in [0.1, 0.15) is 6.54 Å². The molecular formula is C21H23N3O2. The van der Waals surface area contributed by atoms with Crippen molar-refractivity contribution in [3.8, 4) is 0 Å². The largest absolute Gasteiger partial charge is 0.311 e. The molecule has 1 aromatic heterocycles. The summed E-state index contributed by atoms with van der Waals surface area (Å²) >= 11 is 0. The van der Waals surface area contributed by atoms with E-state index in [1.54, 1.807) is 11.0 Å². The highest BCUT2D eigenvalue weighted by Crippen LogP contribution is 2.16. The standard InChI is InChI=1S/C21H23N3O2/c1-3-4-14-23(17-10-6-5-7-11-17)20(25)15-24-21(26)19-13-9-8-12-18(19)16(2)22-24/h5-13H,3-4,14-15H2,1-2H3. The maximum absolute atomic E-state index is 12.9. The van der Waals surface area contributed by atoms with E-state index in [-0.39, 0.29) is 18.0 Å². The normalized spacial score (nSPS) is 10.8. The third kappa shape index (κ3) is 3.67. The molecule has 3 aromatic rings. The molecule has 1 heterocycles. The van der Waals surface area contributed by atoms with Gasteiger partial charge >= 0.3 is 0 Å². The molecule has 0 bridgehead atoms. The van der Waals surface area contributed by atoms with Gasteiger partial charge in [0.05, 0.1) is 11.1 Å². The van der Waals surface area contributed by atoms with Crippen LogP contribution >= 0.6 is 0 Å². The molecule has 134 valence electrons. The lowest BCUT2D eigenvalue weighted by atomic mass is 10.1. The van der Waals surface area contributed by atoms with Crippen LogP contribution in [0.25, 0.3) is 10.8 Å². The summed E-state index contributed by atoms with van der Waals surface area (Å²) in [5.41, 5.74) is 1.35. The molecule has 0 spiro atoms. The summed E-state index contributed by atoms with van der Waals surface area (Å²) in [7, 11) is 0. The van der Waals surface area contributed by atoms with Gasteiger partial charge in [-0.25, -0.2) is 4.68 Å². The van der Waals surface area contributed by atoms with Gasteiger partial charge in [0.2, 0.25) is 5.91 Å². The first-order valence-electron chi connectivity index (χ1n) is 8.93. The number of aromatic nitrogens is 2. The van der Waals surface area contributed by atoms with Crippen LogP contribution in [0.1, 0.15) is 25.5 Å². The maximum atomic E-state index is 12.9. The molecule has 0 unspecified atom stereocenters. The number of para-hydroxylation sites is 1. The Morgan fingerprint density at radius 1 is 1.04 bits per heavy atom. The van der Waals surface area contributed by atoms with E-state index in [9.17, 15) is 9.59 Å².